The van der Waals surface area contributed by atoms with Crippen molar-refractivity contribution < 1.29 is 18.0 Å². The summed E-state index contributed by atoms with van der Waals surface area (Å²) < 4.78 is 29.1. The molecule has 0 bridgehead atoms. The molecule has 0 aliphatic carbocycles. The molecule has 0 fully saturated rings. The van der Waals surface area contributed by atoms with E-state index in [4.69, 9.17) is 46.4 Å². The van der Waals surface area contributed by atoms with Gasteiger partial charge in [0.25, 0.3) is 10.0 Å². The van der Waals surface area contributed by atoms with Crippen LogP contribution in [0.4, 0.5) is 5.69 Å². The smallest absolute Gasteiger partial charge is 0.264 e. The number of amides is 2. The molecule has 4 rings (SSSR count). The van der Waals surface area contributed by atoms with Crippen molar-refractivity contribution in [3.8, 4) is 0 Å². The van der Waals surface area contributed by atoms with Crippen molar-refractivity contribution in [1.82, 2.24) is 10.2 Å². The Balaban J connectivity index is 1.86. The molecule has 0 aliphatic rings. The van der Waals surface area contributed by atoms with Gasteiger partial charge in [-0.25, -0.2) is 8.42 Å². The van der Waals surface area contributed by atoms with Gasteiger partial charge in [0, 0.05) is 33.6 Å². The SMILES string of the molecule is CC(C)(C)NC(=O)[C@H](Cc1ccccc1)N(Cc1ccc(Cl)cc1Cl)C(=O)CN(c1ccc(Cl)cc1Cl)S(=O)(=O)c1ccccc1. The quantitative estimate of drug-likeness (QED) is 0.170. The molecular formula is C34H33Cl4N3O4S. The third-order valence-electron chi connectivity index (χ3n) is 6.91. The summed E-state index contributed by atoms with van der Waals surface area (Å²) in [4.78, 5) is 29.8. The lowest BCUT2D eigenvalue weighted by Crippen LogP contribution is -2.56. The minimum atomic E-state index is -4.32. The monoisotopic (exact) mass is 719 g/mol. The van der Waals surface area contributed by atoms with Crippen LogP contribution in [0.5, 0.6) is 0 Å². The van der Waals surface area contributed by atoms with Crippen LogP contribution < -0.4 is 9.62 Å². The Hall–Kier alpha value is -3.27. The zero-order valence-corrected chi connectivity index (χ0v) is 29.2. The van der Waals surface area contributed by atoms with Gasteiger partial charge < -0.3 is 10.2 Å². The second kappa shape index (κ2) is 15.1. The Morgan fingerprint density at radius 3 is 1.91 bits per heavy atom. The Labute approximate surface area is 290 Å². The number of anilines is 1. The minimum Gasteiger partial charge on any atom is -0.350 e. The van der Waals surface area contributed by atoms with E-state index in [1.807, 2.05) is 51.1 Å². The molecule has 0 saturated carbocycles. The van der Waals surface area contributed by atoms with Crippen molar-refractivity contribution in [3.05, 3.63) is 128 Å². The van der Waals surface area contributed by atoms with Gasteiger partial charge in [0.1, 0.15) is 12.6 Å². The van der Waals surface area contributed by atoms with Gasteiger partial charge in [0.2, 0.25) is 11.8 Å². The van der Waals surface area contributed by atoms with Gasteiger partial charge in [0.05, 0.1) is 15.6 Å². The fraction of sp³-hybridized carbons (Fsp3) is 0.235. The van der Waals surface area contributed by atoms with Crippen LogP contribution in [-0.4, -0.2) is 43.3 Å². The summed E-state index contributed by atoms with van der Waals surface area (Å²) in [6.45, 7) is 4.71. The van der Waals surface area contributed by atoms with Crippen molar-refractivity contribution in [1.29, 1.82) is 0 Å². The van der Waals surface area contributed by atoms with Crippen LogP contribution >= 0.6 is 46.4 Å². The molecule has 46 heavy (non-hydrogen) atoms. The lowest BCUT2D eigenvalue weighted by Gasteiger charge is -2.35. The molecule has 242 valence electrons. The van der Waals surface area contributed by atoms with E-state index in [-0.39, 0.29) is 38.6 Å². The van der Waals surface area contributed by atoms with Crippen LogP contribution in [0.15, 0.2) is 102 Å². The molecule has 4 aromatic rings. The minimum absolute atomic E-state index is 0.0263. The van der Waals surface area contributed by atoms with Gasteiger partial charge >= 0.3 is 0 Å². The first-order chi connectivity index (χ1) is 21.7. The predicted molar refractivity (Wildman–Crippen MR) is 186 cm³/mol. The number of hydrogen-bond donors (Lipinski definition) is 1. The number of hydrogen-bond acceptors (Lipinski definition) is 4. The summed E-state index contributed by atoms with van der Waals surface area (Å²) in [5.41, 5.74) is 0.735. The molecule has 0 aliphatic heterocycles. The Bertz CT molecular complexity index is 1800. The lowest BCUT2D eigenvalue weighted by molar-refractivity contribution is -0.140. The van der Waals surface area contributed by atoms with Crippen molar-refractivity contribution in [2.24, 2.45) is 0 Å². The molecule has 12 heteroatoms. The van der Waals surface area contributed by atoms with E-state index in [0.29, 0.717) is 10.6 Å². The molecular weight excluding hydrogens is 688 g/mol. The van der Waals surface area contributed by atoms with Crippen molar-refractivity contribution in [2.45, 2.75) is 50.2 Å². The van der Waals surface area contributed by atoms with Crippen LogP contribution in [0.25, 0.3) is 0 Å². The summed E-state index contributed by atoms with van der Waals surface area (Å²) in [6.07, 6.45) is 0.146. The van der Waals surface area contributed by atoms with Gasteiger partial charge in [-0.05, 0) is 74.4 Å². The molecule has 0 unspecified atom stereocenters. The number of benzene rings is 4. The summed E-state index contributed by atoms with van der Waals surface area (Å²) >= 11 is 25.4. The molecule has 7 nitrogen and oxygen atoms in total. The van der Waals surface area contributed by atoms with E-state index < -0.39 is 40.0 Å². The second-order valence-electron chi connectivity index (χ2n) is 11.6. The summed E-state index contributed by atoms with van der Waals surface area (Å²) in [5.74, 6) is -1.08. The van der Waals surface area contributed by atoms with Crippen LogP contribution in [0.3, 0.4) is 0 Å². The van der Waals surface area contributed by atoms with Crippen molar-refractivity contribution in [3.63, 3.8) is 0 Å². The first-order valence-electron chi connectivity index (χ1n) is 14.3. The molecule has 0 spiro atoms. The van der Waals surface area contributed by atoms with Crippen LogP contribution in [0, 0.1) is 0 Å². The Kier molecular flexibility index (Phi) is 11.7. The summed E-state index contributed by atoms with van der Waals surface area (Å²) in [7, 11) is -4.32. The van der Waals surface area contributed by atoms with Crippen molar-refractivity contribution in [2.75, 3.05) is 10.8 Å². The number of rotatable bonds is 11. The van der Waals surface area contributed by atoms with Crippen LogP contribution in [0.1, 0.15) is 31.9 Å². The summed E-state index contributed by atoms with van der Waals surface area (Å²) in [6, 6.07) is 25.1. The predicted octanol–water partition coefficient (Wildman–Crippen LogP) is 8.05. The molecule has 0 aromatic heterocycles. The third-order valence-corrected chi connectivity index (χ3v) is 9.81. The Morgan fingerprint density at radius 1 is 0.783 bits per heavy atom. The van der Waals surface area contributed by atoms with E-state index in [9.17, 15) is 18.0 Å². The number of nitrogens with zero attached hydrogens (tertiary/aromatic N) is 2. The highest BCUT2D eigenvalue weighted by Gasteiger charge is 2.36. The molecule has 0 radical (unpaired) electrons. The highest BCUT2D eigenvalue weighted by molar-refractivity contribution is 7.92. The highest BCUT2D eigenvalue weighted by atomic mass is 35.5. The summed E-state index contributed by atoms with van der Waals surface area (Å²) in [5, 5.41) is 3.99. The topological polar surface area (TPSA) is 86.8 Å². The first-order valence-corrected chi connectivity index (χ1v) is 17.2. The molecule has 2 amide bonds. The zero-order valence-electron chi connectivity index (χ0n) is 25.4. The van der Waals surface area contributed by atoms with Gasteiger partial charge in [-0.2, -0.15) is 0 Å². The van der Waals surface area contributed by atoms with Crippen molar-refractivity contribution >= 4 is 73.9 Å². The van der Waals surface area contributed by atoms with E-state index in [2.05, 4.69) is 5.32 Å². The van der Waals surface area contributed by atoms with E-state index in [1.165, 1.54) is 35.2 Å². The maximum Gasteiger partial charge on any atom is 0.264 e. The van der Waals surface area contributed by atoms with Crippen LogP contribution in [0.2, 0.25) is 20.1 Å². The lowest BCUT2D eigenvalue weighted by atomic mass is 10.0. The largest absolute Gasteiger partial charge is 0.350 e. The normalized spacial score (nSPS) is 12.3. The van der Waals surface area contributed by atoms with Gasteiger partial charge in [0.15, 0.2) is 0 Å². The number of carbonyl (C=O) groups is 2. The number of nitrogens with one attached hydrogen (secondary N) is 1. The second-order valence-corrected chi connectivity index (χ2v) is 15.2. The maximum atomic E-state index is 14.6. The zero-order chi connectivity index (χ0) is 33.6. The average Bonchev–Trinajstić information content (AvgIpc) is 2.99. The first kappa shape index (κ1) is 35.6. The van der Waals surface area contributed by atoms with Gasteiger partial charge in [-0.15, -0.1) is 0 Å². The Morgan fingerprint density at radius 2 is 1.35 bits per heavy atom. The van der Waals surface area contributed by atoms with E-state index >= 15 is 0 Å². The van der Waals surface area contributed by atoms with Crippen LogP contribution in [-0.2, 0) is 32.6 Å². The fourth-order valence-corrected chi connectivity index (χ4v) is 7.24. The fourth-order valence-electron chi connectivity index (χ4n) is 4.76. The number of sulfonamides is 1. The average molecular weight is 722 g/mol. The van der Waals surface area contributed by atoms with E-state index in [1.54, 1.807) is 36.4 Å². The molecule has 4 aromatic carbocycles. The highest BCUT2D eigenvalue weighted by Crippen LogP contribution is 2.33. The molecule has 0 heterocycles. The number of carbonyl (C=O) groups excluding carboxylic acids is 2. The third kappa shape index (κ3) is 9.17. The maximum absolute atomic E-state index is 14.6. The number of halogens is 4. The molecule has 1 atom stereocenters. The van der Waals surface area contributed by atoms with Gasteiger partial charge in [-0.1, -0.05) is 101 Å². The van der Waals surface area contributed by atoms with E-state index in [0.717, 1.165) is 9.87 Å². The van der Waals surface area contributed by atoms with Gasteiger partial charge in [-0.3, -0.25) is 13.9 Å². The standard InChI is InChI=1S/C34H33Cl4N3O4S/c1-34(2,3)39-33(43)31(18-23-10-6-4-7-11-23)40(21-24-14-15-25(35)19-28(24)37)32(42)22-41(30-17-16-26(36)20-29(30)38)46(44,45)27-12-8-5-9-13-27/h4-17,19-20,31H,18,21-22H2,1-3H3,(H,39,43)/t31-/m0/s1. The molecule has 0 saturated heterocycles. The molecule has 1 N–H and O–H groups in total.